The molecule has 1 heterocycles. The molecule has 25 heavy (non-hydrogen) atoms. The summed E-state index contributed by atoms with van der Waals surface area (Å²) in [7, 11) is 0. The maximum atomic E-state index is 13.7. The number of thioether (sulfide) groups is 1. The number of anilines is 1. The first-order chi connectivity index (χ1) is 12.0. The van der Waals surface area contributed by atoms with Crippen LogP contribution in [-0.4, -0.2) is 29.1 Å². The Morgan fingerprint density at radius 1 is 1.32 bits per heavy atom. The second kappa shape index (κ2) is 9.39. The Balaban J connectivity index is 1.99. The summed E-state index contributed by atoms with van der Waals surface area (Å²) in [5, 5.41) is 5.94. The van der Waals surface area contributed by atoms with E-state index in [-0.39, 0.29) is 22.4 Å². The number of amides is 2. The van der Waals surface area contributed by atoms with Crippen LogP contribution in [0.4, 0.5) is 10.1 Å². The number of carbonyl (C=O) groups is 2. The molecular weight excluding hydrogens is 365 g/mol. The van der Waals surface area contributed by atoms with Gasteiger partial charge in [0, 0.05) is 17.8 Å². The lowest BCUT2D eigenvalue weighted by molar-refractivity contribution is -0.113. The number of benzene rings is 1. The fourth-order valence-electron chi connectivity index (χ4n) is 1.92. The molecule has 0 saturated heterocycles. The van der Waals surface area contributed by atoms with Crippen LogP contribution in [0.2, 0.25) is 5.02 Å². The largest absolute Gasteiger partial charge is 0.352 e. The molecular formula is C17H17ClFN3O2S. The number of halogens is 2. The first kappa shape index (κ1) is 19.2. The van der Waals surface area contributed by atoms with Gasteiger partial charge in [0.05, 0.1) is 17.0 Å². The highest BCUT2D eigenvalue weighted by Gasteiger charge is 2.14. The first-order valence-electron chi connectivity index (χ1n) is 7.62. The van der Waals surface area contributed by atoms with Gasteiger partial charge < -0.3 is 10.6 Å². The minimum absolute atomic E-state index is 0.00681. The van der Waals surface area contributed by atoms with E-state index in [0.29, 0.717) is 17.1 Å². The van der Waals surface area contributed by atoms with Crippen LogP contribution in [-0.2, 0) is 4.79 Å². The highest BCUT2D eigenvalue weighted by Crippen LogP contribution is 2.22. The average molecular weight is 382 g/mol. The first-order valence-corrected chi connectivity index (χ1v) is 8.98. The fraction of sp³-hybridized carbons (Fsp3) is 0.235. The monoisotopic (exact) mass is 381 g/mol. The molecule has 1 aromatic heterocycles. The van der Waals surface area contributed by atoms with Crippen molar-refractivity contribution < 1.29 is 14.0 Å². The van der Waals surface area contributed by atoms with Crippen molar-refractivity contribution in [2.75, 3.05) is 17.6 Å². The summed E-state index contributed by atoms with van der Waals surface area (Å²) in [5.41, 5.74) is 0.461. The zero-order valence-corrected chi connectivity index (χ0v) is 15.1. The molecule has 0 atom stereocenters. The van der Waals surface area contributed by atoms with E-state index in [0.717, 1.165) is 24.2 Å². The molecule has 0 aliphatic heterocycles. The van der Waals surface area contributed by atoms with E-state index in [1.54, 1.807) is 18.3 Å². The van der Waals surface area contributed by atoms with Gasteiger partial charge in [0.2, 0.25) is 5.91 Å². The zero-order chi connectivity index (χ0) is 18.2. The molecule has 0 radical (unpaired) electrons. The quantitative estimate of drug-likeness (QED) is 0.716. The molecule has 1 aromatic carbocycles. The number of aromatic nitrogens is 1. The lowest BCUT2D eigenvalue weighted by Gasteiger charge is -2.09. The highest BCUT2D eigenvalue weighted by molar-refractivity contribution is 8.00. The Hall–Kier alpha value is -2.12. The standard InChI is InChI=1S/C17H17ClFN3O2S/c1-2-7-20-16(24)12-4-3-8-21-17(12)25-10-15(23)22-14-6-5-11(18)9-13(14)19/h3-6,8-9H,2,7,10H2,1H3,(H,20,24)(H,22,23). The van der Waals surface area contributed by atoms with E-state index in [4.69, 9.17) is 11.6 Å². The second-order valence-electron chi connectivity index (χ2n) is 5.07. The maximum absolute atomic E-state index is 13.7. The number of hydrogen-bond donors (Lipinski definition) is 2. The van der Waals surface area contributed by atoms with Crippen molar-refractivity contribution in [1.29, 1.82) is 0 Å². The Labute approximate surface area is 154 Å². The predicted molar refractivity (Wildman–Crippen MR) is 97.6 cm³/mol. The van der Waals surface area contributed by atoms with Crippen LogP contribution < -0.4 is 10.6 Å². The Kier molecular flexibility index (Phi) is 7.21. The van der Waals surface area contributed by atoms with Gasteiger partial charge in [0.25, 0.3) is 5.91 Å². The molecule has 2 rings (SSSR count). The van der Waals surface area contributed by atoms with Gasteiger partial charge in [-0.3, -0.25) is 9.59 Å². The maximum Gasteiger partial charge on any atom is 0.254 e. The Bertz CT molecular complexity index is 773. The zero-order valence-electron chi connectivity index (χ0n) is 13.5. The minimum Gasteiger partial charge on any atom is -0.352 e. The number of nitrogens with zero attached hydrogens (tertiary/aromatic N) is 1. The number of hydrogen-bond acceptors (Lipinski definition) is 4. The average Bonchev–Trinajstić information content (AvgIpc) is 2.60. The van der Waals surface area contributed by atoms with Crippen LogP contribution >= 0.6 is 23.4 Å². The van der Waals surface area contributed by atoms with Crippen molar-refractivity contribution in [3.05, 3.63) is 52.9 Å². The predicted octanol–water partition coefficient (Wildman–Crippen LogP) is 3.74. The number of carbonyl (C=O) groups excluding carboxylic acids is 2. The summed E-state index contributed by atoms with van der Waals surface area (Å²) >= 11 is 6.79. The Morgan fingerprint density at radius 3 is 2.84 bits per heavy atom. The van der Waals surface area contributed by atoms with E-state index in [1.807, 2.05) is 6.92 Å². The smallest absolute Gasteiger partial charge is 0.254 e. The summed E-state index contributed by atoms with van der Waals surface area (Å²) in [6, 6.07) is 7.32. The fourth-order valence-corrected chi connectivity index (χ4v) is 2.87. The molecule has 2 amide bonds. The molecule has 0 aliphatic carbocycles. The van der Waals surface area contributed by atoms with Crippen LogP contribution in [0.15, 0.2) is 41.6 Å². The van der Waals surface area contributed by atoms with Crippen LogP contribution in [0.25, 0.3) is 0 Å². The van der Waals surface area contributed by atoms with Gasteiger partial charge in [-0.15, -0.1) is 0 Å². The molecule has 2 N–H and O–H groups in total. The van der Waals surface area contributed by atoms with Crippen LogP contribution in [0.5, 0.6) is 0 Å². The Morgan fingerprint density at radius 2 is 2.12 bits per heavy atom. The number of rotatable bonds is 7. The van der Waals surface area contributed by atoms with Gasteiger partial charge in [-0.05, 0) is 36.8 Å². The van der Waals surface area contributed by atoms with E-state index in [1.165, 1.54) is 12.1 Å². The van der Waals surface area contributed by atoms with Crippen molar-refractivity contribution in [2.45, 2.75) is 18.4 Å². The molecule has 0 spiro atoms. The number of pyridine rings is 1. The molecule has 0 saturated carbocycles. The molecule has 0 bridgehead atoms. The molecule has 0 aliphatic rings. The van der Waals surface area contributed by atoms with E-state index < -0.39 is 11.7 Å². The highest BCUT2D eigenvalue weighted by atomic mass is 35.5. The van der Waals surface area contributed by atoms with Crippen molar-refractivity contribution >= 4 is 40.9 Å². The molecule has 0 unspecified atom stereocenters. The minimum atomic E-state index is -0.608. The second-order valence-corrected chi connectivity index (χ2v) is 6.47. The summed E-state index contributed by atoms with van der Waals surface area (Å²) < 4.78 is 13.7. The van der Waals surface area contributed by atoms with Gasteiger partial charge in [0.1, 0.15) is 10.8 Å². The third-order valence-electron chi connectivity index (χ3n) is 3.10. The normalized spacial score (nSPS) is 10.4. The molecule has 5 nitrogen and oxygen atoms in total. The summed E-state index contributed by atoms with van der Waals surface area (Å²) in [4.78, 5) is 28.3. The van der Waals surface area contributed by atoms with Gasteiger partial charge in [-0.2, -0.15) is 0 Å². The SMILES string of the molecule is CCCNC(=O)c1cccnc1SCC(=O)Nc1ccc(Cl)cc1F. The molecule has 2 aromatic rings. The summed E-state index contributed by atoms with van der Waals surface area (Å²) in [6.07, 6.45) is 2.37. The van der Waals surface area contributed by atoms with Gasteiger partial charge in [-0.25, -0.2) is 9.37 Å². The van der Waals surface area contributed by atoms with Crippen molar-refractivity contribution in [3.63, 3.8) is 0 Å². The lowest BCUT2D eigenvalue weighted by atomic mass is 10.2. The van der Waals surface area contributed by atoms with Crippen LogP contribution in [0.3, 0.4) is 0 Å². The third kappa shape index (κ3) is 5.72. The van der Waals surface area contributed by atoms with E-state index in [2.05, 4.69) is 15.6 Å². The topological polar surface area (TPSA) is 71.1 Å². The van der Waals surface area contributed by atoms with Gasteiger partial charge >= 0.3 is 0 Å². The summed E-state index contributed by atoms with van der Waals surface area (Å²) in [5.74, 6) is -1.26. The lowest BCUT2D eigenvalue weighted by Crippen LogP contribution is -2.25. The van der Waals surface area contributed by atoms with Gasteiger partial charge in [-0.1, -0.05) is 30.3 Å². The molecule has 8 heteroatoms. The third-order valence-corrected chi connectivity index (χ3v) is 4.34. The van der Waals surface area contributed by atoms with Gasteiger partial charge in [0.15, 0.2) is 0 Å². The molecule has 132 valence electrons. The van der Waals surface area contributed by atoms with Crippen LogP contribution in [0.1, 0.15) is 23.7 Å². The van der Waals surface area contributed by atoms with E-state index >= 15 is 0 Å². The van der Waals surface area contributed by atoms with Crippen molar-refractivity contribution in [2.24, 2.45) is 0 Å². The van der Waals surface area contributed by atoms with Crippen molar-refractivity contribution in [1.82, 2.24) is 10.3 Å². The summed E-state index contributed by atoms with van der Waals surface area (Å²) in [6.45, 7) is 2.52. The van der Waals surface area contributed by atoms with E-state index in [9.17, 15) is 14.0 Å². The number of nitrogens with one attached hydrogen (secondary N) is 2. The van der Waals surface area contributed by atoms with Crippen molar-refractivity contribution in [3.8, 4) is 0 Å². The van der Waals surface area contributed by atoms with Crippen LogP contribution in [0, 0.1) is 5.82 Å². The molecule has 0 fully saturated rings.